The molecule has 1 aromatic carbocycles. The average Bonchev–Trinajstić information content (AvgIpc) is 3.12. The Hall–Kier alpha value is -2.18. The summed E-state index contributed by atoms with van der Waals surface area (Å²) in [7, 11) is 0. The number of rotatable bonds is 5. The molecular formula is C19H28N4O2. The van der Waals surface area contributed by atoms with E-state index in [1.54, 1.807) is 6.33 Å². The van der Waals surface area contributed by atoms with Gasteiger partial charge in [0.05, 0.1) is 18.1 Å². The van der Waals surface area contributed by atoms with Crippen molar-refractivity contribution in [2.24, 2.45) is 0 Å². The van der Waals surface area contributed by atoms with E-state index in [0.29, 0.717) is 6.42 Å². The minimum absolute atomic E-state index is 0.165. The summed E-state index contributed by atoms with van der Waals surface area (Å²) < 4.78 is 0. The summed E-state index contributed by atoms with van der Waals surface area (Å²) >= 11 is 0. The highest BCUT2D eigenvalue weighted by Crippen LogP contribution is 2.28. The topological polar surface area (TPSA) is 81.2 Å². The molecule has 3 rings (SSSR count). The fourth-order valence-electron chi connectivity index (χ4n) is 3.02. The van der Waals surface area contributed by atoms with Crippen LogP contribution in [0.1, 0.15) is 43.8 Å². The summed E-state index contributed by atoms with van der Waals surface area (Å²) in [4.78, 5) is 20.9. The molecule has 0 spiro atoms. The Balaban J connectivity index is 0.000000277. The quantitative estimate of drug-likeness (QED) is 0.776. The van der Waals surface area contributed by atoms with Crippen molar-refractivity contribution in [3.8, 4) is 0 Å². The summed E-state index contributed by atoms with van der Waals surface area (Å²) in [5.41, 5.74) is 2.81. The molecule has 6 heteroatoms. The number of H-pyrrole nitrogens is 1. The third-order valence-electron chi connectivity index (χ3n) is 4.57. The van der Waals surface area contributed by atoms with E-state index in [-0.39, 0.29) is 6.04 Å². The van der Waals surface area contributed by atoms with Gasteiger partial charge in [-0.3, -0.25) is 10.1 Å². The second-order valence-electron chi connectivity index (χ2n) is 5.99. The summed E-state index contributed by atoms with van der Waals surface area (Å²) in [5, 5.41) is 12.3. The highest BCUT2D eigenvalue weighted by molar-refractivity contribution is 5.74. The van der Waals surface area contributed by atoms with Crippen molar-refractivity contribution in [3.05, 3.63) is 53.6 Å². The van der Waals surface area contributed by atoms with E-state index in [2.05, 4.69) is 41.0 Å². The van der Waals surface area contributed by atoms with E-state index in [4.69, 9.17) is 5.11 Å². The van der Waals surface area contributed by atoms with Crippen molar-refractivity contribution < 1.29 is 9.90 Å². The highest BCUT2D eigenvalue weighted by atomic mass is 16.4. The zero-order valence-corrected chi connectivity index (χ0v) is 15.2. The van der Waals surface area contributed by atoms with Gasteiger partial charge in [-0.25, -0.2) is 4.98 Å². The molecule has 6 nitrogen and oxygen atoms in total. The molecule has 0 radical (unpaired) electrons. The first-order valence-corrected chi connectivity index (χ1v) is 8.88. The third-order valence-corrected chi connectivity index (χ3v) is 4.57. The molecule has 0 saturated heterocycles. The van der Waals surface area contributed by atoms with Crippen LogP contribution in [0.3, 0.4) is 0 Å². The lowest BCUT2D eigenvalue weighted by Gasteiger charge is -2.28. The normalized spacial score (nSPS) is 19.0. The number of carboxylic acid groups (broad SMARTS) is 1. The molecule has 2 atom stereocenters. The molecule has 2 aromatic rings. The van der Waals surface area contributed by atoms with Crippen LogP contribution in [0.5, 0.6) is 0 Å². The summed E-state index contributed by atoms with van der Waals surface area (Å²) in [6.07, 6.45) is 2.06. The van der Waals surface area contributed by atoms with Crippen LogP contribution >= 0.6 is 0 Å². The first-order chi connectivity index (χ1) is 12.1. The molecule has 136 valence electrons. The smallest absolute Gasteiger partial charge is 0.321 e. The Morgan fingerprint density at radius 3 is 2.36 bits per heavy atom. The number of aliphatic carboxylic acids is 1. The number of aromatic amines is 1. The lowest BCUT2D eigenvalue weighted by atomic mass is 9.94. The van der Waals surface area contributed by atoms with Gasteiger partial charge in [-0.15, -0.1) is 0 Å². The molecule has 0 amide bonds. The van der Waals surface area contributed by atoms with Crippen LogP contribution in [-0.2, 0) is 11.2 Å². The minimum atomic E-state index is -0.837. The number of nitrogens with zero attached hydrogens (tertiary/aromatic N) is 2. The Morgan fingerprint density at radius 2 is 1.84 bits per heavy atom. The van der Waals surface area contributed by atoms with Gasteiger partial charge in [-0.1, -0.05) is 51.1 Å². The number of nitrogens with one attached hydrogen (secondary N) is 2. The van der Waals surface area contributed by atoms with Crippen molar-refractivity contribution in [2.45, 2.75) is 39.3 Å². The first kappa shape index (κ1) is 19.1. The van der Waals surface area contributed by atoms with Crippen LogP contribution in [0, 0.1) is 0 Å². The third kappa shape index (κ3) is 4.90. The largest absolute Gasteiger partial charge is 0.480 e. The summed E-state index contributed by atoms with van der Waals surface area (Å²) in [5.74, 6) is -0.837. The highest BCUT2D eigenvalue weighted by Gasteiger charge is 2.32. The van der Waals surface area contributed by atoms with E-state index >= 15 is 0 Å². The number of imidazole rings is 1. The second-order valence-corrected chi connectivity index (χ2v) is 5.99. The zero-order chi connectivity index (χ0) is 18.2. The maximum Gasteiger partial charge on any atom is 0.321 e. The van der Waals surface area contributed by atoms with Crippen molar-refractivity contribution >= 4 is 5.97 Å². The Bertz CT molecular complexity index is 647. The standard InChI is InChI=1S/C13H13N3O2.C6H15N/c17-13(18)10-6-9-12(15-7-14-9)11(16-10)8-4-2-1-3-5-8;1-4-7(5-2)6-3/h1-5,7,10-11,16H,6H2,(H,14,15)(H,17,18);4-6H2,1-3H3/t10-,11?;/m0./s1. The van der Waals surface area contributed by atoms with Crippen LogP contribution in [-0.4, -0.2) is 51.6 Å². The lowest BCUT2D eigenvalue weighted by Crippen LogP contribution is -2.45. The average molecular weight is 344 g/mol. The zero-order valence-electron chi connectivity index (χ0n) is 15.2. The van der Waals surface area contributed by atoms with Gasteiger partial charge in [-0.05, 0) is 25.2 Å². The molecule has 1 aliphatic rings. The van der Waals surface area contributed by atoms with Gasteiger partial charge in [0.2, 0.25) is 0 Å². The van der Waals surface area contributed by atoms with Crippen molar-refractivity contribution in [3.63, 3.8) is 0 Å². The van der Waals surface area contributed by atoms with Crippen LogP contribution in [0.15, 0.2) is 36.7 Å². The van der Waals surface area contributed by atoms with Gasteiger partial charge in [0.15, 0.2) is 0 Å². The fraction of sp³-hybridized carbons (Fsp3) is 0.474. The van der Waals surface area contributed by atoms with Gasteiger partial charge < -0.3 is 15.0 Å². The molecule has 25 heavy (non-hydrogen) atoms. The predicted octanol–water partition coefficient (Wildman–Crippen LogP) is 2.45. The first-order valence-electron chi connectivity index (χ1n) is 8.88. The Kier molecular flexibility index (Phi) is 7.16. The van der Waals surface area contributed by atoms with E-state index in [1.807, 2.05) is 30.3 Å². The summed E-state index contributed by atoms with van der Waals surface area (Å²) in [6.45, 7) is 10.1. The molecule has 1 aromatic heterocycles. The Labute approximate surface area is 149 Å². The molecule has 0 saturated carbocycles. The number of hydrogen-bond acceptors (Lipinski definition) is 4. The van der Waals surface area contributed by atoms with Crippen LogP contribution in [0.2, 0.25) is 0 Å². The van der Waals surface area contributed by atoms with Crippen LogP contribution < -0.4 is 5.32 Å². The predicted molar refractivity (Wildman–Crippen MR) is 98.6 cm³/mol. The number of fused-ring (bicyclic) bond motifs is 1. The van der Waals surface area contributed by atoms with Gasteiger partial charge in [0.25, 0.3) is 0 Å². The number of benzene rings is 1. The molecule has 0 aliphatic carbocycles. The minimum Gasteiger partial charge on any atom is -0.480 e. The lowest BCUT2D eigenvalue weighted by molar-refractivity contribution is -0.139. The van der Waals surface area contributed by atoms with Gasteiger partial charge >= 0.3 is 5.97 Å². The number of carbonyl (C=O) groups is 1. The molecule has 2 heterocycles. The molecule has 0 fully saturated rings. The van der Waals surface area contributed by atoms with E-state index in [9.17, 15) is 4.79 Å². The monoisotopic (exact) mass is 344 g/mol. The summed E-state index contributed by atoms with van der Waals surface area (Å²) in [6, 6.07) is 9.01. The van der Waals surface area contributed by atoms with Crippen LogP contribution in [0.25, 0.3) is 0 Å². The van der Waals surface area contributed by atoms with E-state index < -0.39 is 12.0 Å². The number of hydrogen-bond donors (Lipinski definition) is 3. The molecule has 0 bridgehead atoms. The Morgan fingerprint density at radius 1 is 1.20 bits per heavy atom. The van der Waals surface area contributed by atoms with Gasteiger partial charge in [0, 0.05) is 12.1 Å². The van der Waals surface area contributed by atoms with E-state index in [1.165, 1.54) is 19.6 Å². The molecule has 1 unspecified atom stereocenters. The van der Waals surface area contributed by atoms with Gasteiger partial charge in [-0.2, -0.15) is 0 Å². The molecule has 3 N–H and O–H groups in total. The fourth-order valence-corrected chi connectivity index (χ4v) is 3.02. The van der Waals surface area contributed by atoms with Crippen molar-refractivity contribution in [1.82, 2.24) is 20.2 Å². The van der Waals surface area contributed by atoms with Gasteiger partial charge in [0.1, 0.15) is 6.04 Å². The van der Waals surface area contributed by atoms with Crippen molar-refractivity contribution in [2.75, 3.05) is 19.6 Å². The maximum atomic E-state index is 11.2. The van der Waals surface area contributed by atoms with E-state index in [0.717, 1.165) is 17.0 Å². The molecule has 1 aliphatic heterocycles. The maximum absolute atomic E-state index is 11.2. The van der Waals surface area contributed by atoms with Crippen molar-refractivity contribution in [1.29, 1.82) is 0 Å². The molecular weight excluding hydrogens is 316 g/mol. The number of carboxylic acids is 1. The number of aromatic nitrogens is 2. The SMILES string of the molecule is CCN(CC)CC.O=C(O)[C@@H]1Cc2[nH]cnc2C(c2ccccc2)N1. The van der Waals surface area contributed by atoms with Crippen LogP contribution in [0.4, 0.5) is 0 Å². The second kappa shape index (κ2) is 9.34.